The van der Waals surface area contributed by atoms with E-state index in [1.54, 1.807) is 0 Å². The number of hydrogen-bond donors (Lipinski definition) is 1. The fourth-order valence-corrected chi connectivity index (χ4v) is 3.38. The molecule has 0 heterocycles. The number of rotatable bonds is 3. The van der Waals surface area contributed by atoms with E-state index in [1.165, 1.54) is 13.5 Å². The Hall–Kier alpha value is -1.03. The summed E-state index contributed by atoms with van der Waals surface area (Å²) in [6, 6.07) is 7.93. The average Bonchev–Trinajstić information content (AvgIpc) is 2.44. The van der Waals surface area contributed by atoms with Crippen LogP contribution >= 0.6 is 15.9 Å². The minimum Gasteiger partial charge on any atom is -0.467 e. The van der Waals surface area contributed by atoms with Crippen molar-refractivity contribution in [1.29, 1.82) is 0 Å². The molecule has 0 aliphatic heterocycles. The van der Waals surface area contributed by atoms with Crippen LogP contribution in [0.1, 0.15) is 33.1 Å². The summed E-state index contributed by atoms with van der Waals surface area (Å²) in [5.41, 5.74) is 0.347. The highest BCUT2D eigenvalue weighted by atomic mass is 79.9. The number of halogens is 1. The summed E-state index contributed by atoms with van der Waals surface area (Å²) in [4.78, 5) is 12.4. The largest absolute Gasteiger partial charge is 0.467 e. The van der Waals surface area contributed by atoms with E-state index < -0.39 is 5.54 Å². The van der Waals surface area contributed by atoms with E-state index in [-0.39, 0.29) is 11.9 Å². The summed E-state index contributed by atoms with van der Waals surface area (Å²) < 4.78 is 6.13. The number of ether oxygens (including phenoxy) is 1. The molecule has 1 saturated carbocycles. The predicted molar refractivity (Wildman–Crippen MR) is 84.7 cm³/mol. The highest BCUT2D eigenvalue weighted by molar-refractivity contribution is 9.10. The fraction of sp³-hybridized carbons (Fsp3) is 0.562. The molecule has 3 atom stereocenters. The highest BCUT2D eigenvalue weighted by Crippen LogP contribution is 2.40. The summed E-state index contributed by atoms with van der Waals surface area (Å²) in [6.45, 7) is 4.33. The molecular formula is C16H22BrNO2. The van der Waals surface area contributed by atoms with E-state index in [2.05, 4.69) is 35.1 Å². The van der Waals surface area contributed by atoms with Crippen LogP contribution in [-0.4, -0.2) is 18.6 Å². The minimum atomic E-state index is -0.611. The van der Waals surface area contributed by atoms with E-state index in [9.17, 15) is 4.79 Å². The van der Waals surface area contributed by atoms with Crippen molar-refractivity contribution in [3.63, 3.8) is 0 Å². The van der Waals surface area contributed by atoms with Crippen molar-refractivity contribution >= 4 is 27.6 Å². The third kappa shape index (κ3) is 3.00. The van der Waals surface area contributed by atoms with Gasteiger partial charge in [0.25, 0.3) is 0 Å². The van der Waals surface area contributed by atoms with Gasteiger partial charge in [-0.05, 0) is 48.9 Å². The van der Waals surface area contributed by atoms with Crippen molar-refractivity contribution in [1.82, 2.24) is 0 Å². The molecule has 1 aromatic rings. The summed E-state index contributed by atoms with van der Waals surface area (Å²) in [5.74, 6) is 0.627. The number of carbonyl (C=O) groups excluding carboxylic acids is 1. The first-order valence-corrected chi connectivity index (χ1v) is 7.89. The second kappa shape index (κ2) is 6.17. The molecule has 1 aromatic carbocycles. The second-order valence-corrected chi connectivity index (χ2v) is 6.80. The molecule has 4 heteroatoms. The van der Waals surface area contributed by atoms with Gasteiger partial charge < -0.3 is 10.1 Å². The molecule has 1 N–H and O–H groups in total. The lowest BCUT2D eigenvalue weighted by Gasteiger charge is -2.43. The Morgan fingerprint density at radius 3 is 2.55 bits per heavy atom. The molecule has 0 saturated heterocycles. The lowest BCUT2D eigenvalue weighted by Crippen LogP contribution is -2.55. The van der Waals surface area contributed by atoms with Gasteiger partial charge in [-0.25, -0.2) is 4.79 Å². The number of benzene rings is 1. The van der Waals surface area contributed by atoms with Gasteiger partial charge in [0.1, 0.15) is 5.54 Å². The summed E-state index contributed by atoms with van der Waals surface area (Å²) in [6.07, 6.45) is 3.03. The summed E-state index contributed by atoms with van der Waals surface area (Å²) in [7, 11) is 1.47. The smallest absolute Gasteiger partial charge is 0.331 e. The molecule has 0 amide bonds. The van der Waals surface area contributed by atoms with Crippen molar-refractivity contribution in [2.75, 3.05) is 12.4 Å². The molecule has 1 aliphatic rings. The minimum absolute atomic E-state index is 0.153. The van der Waals surface area contributed by atoms with Crippen molar-refractivity contribution in [2.45, 2.75) is 38.6 Å². The first-order chi connectivity index (χ1) is 9.48. The number of hydrogen-bond acceptors (Lipinski definition) is 3. The van der Waals surface area contributed by atoms with Gasteiger partial charge in [0.2, 0.25) is 0 Å². The third-order valence-corrected chi connectivity index (χ3v) is 4.89. The molecular weight excluding hydrogens is 318 g/mol. The van der Waals surface area contributed by atoms with Gasteiger partial charge in [-0.3, -0.25) is 0 Å². The Labute approximate surface area is 129 Å². The van der Waals surface area contributed by atoms with Gasteiger partial charge in [-0.15, -0.1) is 0 Å². The molecule has 0 radical (unpaired) electrons. The van der Waals surface area contributed by atoms with E-state index in [1.807, 2.05) is 24.3 Å². The van der Waals surface area contributed by atoms with Crippen LogP contribution in [0.5, 0.6) is 0 Å². The van der Waals surface area contributed by atoms with Crippen molar-refractivity contribution in [3.8, 4) is 0 Å². The molecule has 1 fully saturated rings. The molecule has 0 bridgehead atoms. The maximum Gasteiger partial charge on any atom is 0.331 e. The van der Waals surface area contributed by atoms with Gasteiger partial charge in [0.15, 0.2) is 0 Å². The number of carbonyl (C=O) groups is 1. The maximum atomic E-state index is 12.4. The van der Waals surface area contributed by atoms with Gasteiger partial charge in [-0.1, -0.05) is 36.2 Å². The van der Waals surface area contributed by atoms with Crippen molar-refractivity contribution in [3.05, 3.63) is 28.7 Å². The molecule has 3 unspecified atom stereocenters. The first-order valence-electron chi connectivity index (χ1n) is 7.10. The number of nitrogens with one attached hydrogen (secondary N) is 1. The van der Waals surface area contributed by atoms with Gasteiger partial charge >= 0.3 is 5.97 Å². The second-order valence-electron chi connectivity index (χ2n) is 5.88. The quantitative estimate of drug-likeness (QED) is 0.837. The zero-order valence-corrected chi connectivity index (χ0v) is 13.9. The number of methoxy groups -OCH3 is 1. The zero-order chi connectivity index (χ0) is 14.8. The standard InChI is InChI=1S/C16H22BrNO2/c1-11-4-5-12(2)16(10-11,15(19)20-3)18-14-8-6-13(17)7-9-14/h6-9,11-12,18H,4-5,10H2,1-3H3. The molecule has 2 rings (SSSR count). The highest BCUT2D eigenvalue weighted by Gasteiger charge is 2.47. The zero-order valence-electron chi connectivity index (χ0n) is 12.3. The maximum absolute atomic E-state index is 12.4. The van der Waals surface area contributed by atoms with E-state index in [0.29, 0.717) is 5.92 Å². The molecule has 3 nitrogen and oxygen atoms in total. The SMILES string of the molecule is COC(=O)C1(Nc2ccc(Br)cc2)CC(C)CCC1C. The van der Waals surface area contributed by atoms with E-state index in [0.717, 1.165) is 23.0 Å². The van der Waals surface area contributed by atoms with Crippen LogP contribution < -0.4 is 5.32 Å². The third-order valence-electron chi connectivity index (χ3n) is 4.37. The Balaban J connectivity index is 2.31. The van der Waals surface area contributed by atoms with Gasteiger partial charge in [0.05, 0.1) is 7.11 Å². The molecule has 20 heavy (non-hydrogen) atoms. The Kier molecular flexibility index (Phi) is 4.74. The van der Waals surface area contributed by atoms with Crippen LogP contribution in [0.2, 0.25) is 0 Å². The lowest BCUT2D eigenvalue weighted by atomic mass is 9.69. The van der Waals surface area contributed by atoms with Crippen LogP contribution in [0.3, 0.4) is 0 Å². The Morgan fingerprint density at radius 1 is 1.30 bits per heavy atom. The molecule has 110 valence electrons. The van der Waals surface area contributed by atoms with Crippen LogP contribution in [0.25, 0.3) is 0 Å². The van der Waals surface area contributed by atoms with Crippen molar-refractivity contribution in [2.24, 2.45) is 11.8 Å². The molecule has 1 aliphatic carbocycles. The summed E-state index contributed by atoms with van der Waals surface area (Å²) >= 11 is 3.43. The van der Waals surface area contributed by atoms with E-state index in [4.69, 9.17) is 4.74 Å². The predicted octanol–water partition coefficient (Wildman–Crippen LogP) is 4.23. The normalized spacial score (nSPS) is 29.8. The average molecular weight is 340 g/mol. The molecule has 0 aromatic heterocycles. The monoisotopic (exact) mass is 339 g/mol. The Bertz CT molecular complexity index is 474. The number of esters is 1. The first kappa shape index (κ1) is 15.4. The fourth-order valence-electron chi connectivity index (χ4n) is 3.12. The van der Waals surface area contributed by atoms with E-state index >= 15 is 0 Å². The van der Waals surface area contributed by atoms with Gasteiger partial charge in [-0.2, -0.15) is 0 Å². The Morgan fingerprint density at radius 2 is 1.95 bits per heavy atom. The van der Waals surface area contributed by atoms with Crippen LogP contribution in [0, 0.1) is 11.8 Å². The van der Waals surface area contributed by atoms with Crippen LogP contribution in [0.15, 0.2) is 28.7 Å². The molecule has 0 spiro atoms. The number of anilines is 1. The van der Waals surface area contributed by atoms with Crippen LogP contribution in [0.4, 0.5) is 5.69 Å². The summed E-state index contributed by atoms with van der Waals surface area (Å²) in [5, 5.41) is 3.46. The topological polar surface area (TPSA) is 38.3 Å². The lowest BCUT2D eigenvalue weighted by molar-refractivity contribution is -0.150. The van der Waals surface area contributed by atoms with Gasteiger partial charge in [0, 0.05) is 10.2 Å². The van der Waals surface area contributed by atoms with Crippen molar-refractivity contribution < 1.29 is 9.53 Å². The van der Waals surface area contributed by atoms with Crippen LogP contribution in [-0.2, 0) is 9.53 Å².